The molecule has 0 spiro atoms. The van der Waals surface area contributed by atoms with Crippen LogP contribution in [0.1, 0.15) is 77.6 Å². The molecule has 0 unspecified atom stereocenters. The minimum Gasteiger partial charge on any atom is -0.222 e. The van der Waals surface area contributed by atoms with Crippen molar-refractivity contribution < 1.29 is 9.59 Å². The molecule has 0 amide bonds. The Morgan fingerprint density at radius 3 is 1.33 bits per heavy atom. The molecule has 2 aliphatic carbocycles. The molecule has 4 nitrogen and oxygen atoms in total. The predicted octanol–water partition coefficient (Wildman–Crippen LogP) is 4.98. The highest BCUT2D eigenvalue weighted by Crippen LogP contribution is 2.41. The highest BCUT2D eigenvalue weighted by Gasteiger charge is 2.29. The molecule has 0 bridgehead atoms. The van der Waals surface area contributed by atoms with Crippen molar-refractivity contribution in [3.63, 3.8) is 0 Å². The molecule has 4 heteroatoms. The number of rotatable bonds is 3. The van der Waals surface area contributed by atoms with Crippen LogP contribution in [0.15, 0.2) is 0 Å². The smallest absolute Gasteiger partial charge is 0.222 e. The molecule has 2 N–H and O–H groups in total. The zero-order valence-corrected chi connectivity index (χ0v) is 13.3. The molecular weight excluding hydrogens is 264 g/mol. The highest BCUT2D eigenvalue weighted by atomic mass is 16.1. The second kappa shape index (κ2) is 13.7. The zero-order valence-electron chi connectivity index (χ0n) is 13.3. The summed E-state index contributed by atoms with van der Waals surface area (Å²) in [6.07, 6.45) is 18.3. The van der Waals surface area contributed by atoms with Gasteiger partial charge in [-0.05, 0) is 17.8 Å². The van der Waals surface area contributed by atoms with E-state index in [1.54, 1.807) is 25.7 Å². The van der Waals surface area contributed by atoms with E-state index in [1.807, 2.05) is 0 Å². The van der Waals surface area contributed by atoms with Gasteiger partial charge in [0.25, 0.3) is 0 Å². The fraction of sp³-hybridized carbons (Fsp3) is 0.882. The van der Waals surface area contributed by atoms with Crippen LogP contribution in [-0.4, -0.2) is 12.2 Å². The lowest BCUT2D eigenvalue weighted by Gasteiger charge is -2.37. The Balaban J connectivity index is 0.000000578. The molecule has 0 aliphatic heterocycles. The molecule has 2 rings (SSSR count). The first-order chi connectivity index (χ1) is 10.2. The first-order valence-electron chi connectivity index (χ1n) is 8.32. The maximum absolute atomic E-state index is 8.35. The van der Waals surface area contributed by atoms with Gasteiger partial charge in [0.05, 0.1) is 0 Å². The van der Waals surface area contributed by atoms with Crippen LogP contribution in [0.3, 0.4) is 0 Å². The summed E-state index contributed by atoms with van der Waals surface area (Å²) in [5.41, 5.74) is 0. The van der Waals surface area contributed by atoms with E-state index in [4.69, 9.17) is 20.4 Å². The van der Waals surface area contributed by atoms with Gasteiger partial charge in [0, 0.05) is 0 Å². The summed E-state index contributed by atoms with van der Waals surface area (Å²) < 4.78 is 0. The maximum atomic E-state index is 8.35. The Labute approximate surface area is 128 Å². The standard InChI is InChI=1S/C15H28.2CHNO/c1-2-15(13-9-5-3-6-10-13)14-11-7-4-8-12-14;2*2-1-3/h13-15H,2-12H2,1H3;2*2H. The molecule has 0 aromatic carbocycles. The number of isocyanates is 2. The Kier molecular flexibility index (Phi) is 12.9. The van der Waals surface area contributed by atoms with Gasteiger partial charge in [-0.25, -0.2) is 20.4 Å². The Morgan fingerprint density at radius 1 is 0.810 bits per heavy atom. The second-order valence-corrected chi connectivity index (χ2v) is 6.07. The molecule has 0 aromatic rings. The summed E-state index contributed by atoms with van der Waals surface area (Å²) >= 11 is 0. The summed E-state index contributed by atoms with van der Waals surface area (Å²) in [6, 6.07) is 0. The van der Waals surface area contributed by atoms with Crippen LogP contribution in [0.2, 0.25) is 0 Å². The fourth-order valence-electron chi connectivity index (χ4n) is 4.18. The number of hydrogen-bond donors (Lipinski definition) is 2. The van der Waals surface area contributed by atoms with Crippen molar-refractivity contribution in [1.29, 1.82) is 10.8 Å². The molecule has 0 atom stereocenters. The van der Waals surface area contributed by atoms with Crippen molar-refractivity contribution in [2.24, 2.45) is 17.8 Å². The average molecular weight is 294 g/mol. The Bertz CT molecular complexity index is 277. The van der Waals surface area contributed by atoms with Crippen molar-refractivity contribution in [3.05, 3.63) is 0 Å². The molecule has 120 valence electrons. The van der Waals surface area contributed by atoms with Crippen molar-refractivity contribution in [2.75, 3.05) is 0 Å². The minimum absolute atomic E-state index is 0.750. The van der Waals surface area contributed by atoms with Gasteiger partial charge >= 0.3 is 0 Å². The van der Waals surface area contributed by atoms with Gasteiger partial charge in [-0.1, -0.05) is 77.6 Å². The van der Waals surface area contributed by atoms with Crippen LogP contribution in [-0.2, 0) is 9.59 Å². The van der Waals surface area contributed by atoms with Crippen LogP contribution in [0.25, 0.3) is 0 Å². The molecule has 0 radical (unpaired) electrons. The number of carbonyl (C=O) groups excluding carboxylic acids is 2. The monoisotopic (exact) mass is 294 g/mol. The number of hydrogen-bond acceptors (Lipinski definition) is 4. The Morgan fingerprint density at radius 2 is 1.10 bits per heavy atom. The summed E-state index contributed by atoms with van der Waals surface area (Å²) in [4.78, 5) is 16.7. The molecule has 2 aliphatic rings. The van der Waals surface area contributed by atoms with Crippen LogP contribution in [0, 0.1) is 28.6 Å². The van der Waals surface area contributed by atoms with Crippen molar-refractivity contribution in [2.45, 2.75) is 77.6 Å². The average Bonchev–Trinajstić information content (AvgIpc) is 2.52. The van der Waals surface area contributed by atoms with Crippen LogP contribution in [0.5, 0.6) is 0 Å². The molecular formula is C17H30N2O2. The van der Waals surface area contributed by atoms with Gasteiger partial charge in [0.1, 0.15) is 0 Å². The lowest BCUT2D eigenvalue weighted by molar-refractivity contribution is 0.139. The lowest BCUT2D eigenvalue weighted by atomic mass is 9.69. The van der Waals surface area contributed by atoms with Crippen LogP contribution in [0.4, 0.5) is 0 Å². The maximum Gasteiger partial charge on any atom is 0.231 e. The summed E-state index contributed by atoms with van der Waals surface area (Å²) in [5.74, 6) is 3.30. The topological polar surface area (TPSA) is 81.8 Å². The summed E-state index contributed by atoms with van der Waals surface area (Å²) in [7, 11) is 0. The quantitative estimate of drug-likeness (QED) is 0.568. The van der Waals surface area contributed by atoms with Crippen molar-refractivity contribution >= 4 is 12.2 Å². The largest absolute Gasteiger partial charge is 0.231 e. The molecule has 2 saturated carbocycles. The summed E-state index contributed by atoms with van der Waals surface area (Å²) in [6.45, 7) is 2.44. The van der Waals surface area contributed by atoms with E-state index in [9.17, 15) is 0 Å². The van der Waals surface area contributed by atoms with Crippen molar-refractivity contribution in [1.82, 2.24) is 0 Å². The lowest BCUT2D eigenvalue weighted by Crippen LogP contribution is -2.26. The Hall–Kier alpha value is -1.24. The van der Waals surface area contributed by atoms with Gasteiger partial charge < -0.3 is 0 Å². The molecule has 0 aromatic heterocycles. The van der Waals surface area contributed by atoms with Gasteiger partial charge in [0.15, 0.2) is 0 Å². The van der Waals surface area contributed by atoms with Crippen molar-refractivity contribution in [3.8, 4) is 0 Å². The minimum atomic E-state index is 0.750. The normalized spacial score (nSPS) is 19.3. The third-order valence-electron chi connectivity index (χ3n) is 4.98. The third-order valence-corrected chi connectivity index (χ3v) is 4.98. The second-order valence-electron chi connectivity index (χ2n) is 6.07. The SMILES string of the molecule is CCC(C1CCCCC1)C1CCCCC1.N=C=O.N=C=O. The van der Waals surface area contributed by atoms with E-state index in [-0.39, 0.29) is 0 Å². The first-order valence-corrected chi connectivity index (χ1v) is 8.32. The third kappa shape index (κ3) is 8.60. The van der Waals surface area contributed by atoms with Gasteiger partial charge in [0.2, 0.25) is 12.2 Å². The van der Waals surface area contributed by atoms with E-state index in [0.29, 0.717) is 0 Å². The van der Waals surface area contributed by atoms with E-state index < -0.39 is 0 Å². The zero-order chi connectivity index (χ0) is 15.9. The van der Waals surface area contributed by atoms with E-state index in [1.165, 1.54) is 44.9 Å². The molecule has 2 fully saturated rings. The highest BCUT2D eigenvalue weighted by molar-refractivity contribution is 5.26. The number of nitrogens with one attached hydrogen (secondary N) is 2. The predicted molar refractivity (Wildman–Crippen MR) is 83.8 cm³/mol. The van der Waals surface area contributed by atoms with Gasteiger partial charge in [-0.2, -0.15) is 0 Å². The van der Waals surface area contributed by atoms with E-state index in [2.05, 4.69) is 6.92 Å². The van der Waals surface area contributed by atoms with E-state index in [0.717, 1.165) is 29.9 Å². The first kappa shape index (κ1) is 19.8. The molecule has 0 heterocycles. The fourth-order valence-corrected chi connectivity index (χ4v) is 4.18. The van der Waals surface area contributed by atoms with Crippen LogP contribution >= 0.6 is 0 Å². The van der Waals surface area contributed by atoms with Crippen LogP contribution < -0.4 is 0 Å². The van der Waals surface area contributed by atoms with E-state index >= 15 is 0 Å². The van der Waals surface area contributed by atoms with Gasteiger partial charge in [-0.15, -0.1) is 0 Å². The summed E-state index contributed by atoms with van der Waals surface area (Å²) in [5, 5.41) is 10.8. The molecule has 0 saturated heterocycles. The van der Waals surface area contributed by atoms with Gasteiger partial charge in [-0.3, -0.25) is 0 Å². The molecule has 21 heavy (non-hydrogen) atoms.